The van der Waals surface area contributed by atoms with Crippen LogP contribution in [-0.2, 0) is 0 Å². The zero-order valence-corrected chi connectivity index (χ0v) is 10.5. The molecule has 0 aromatic heterocycles. The van der Waals surface area contributed by atoms with Crippen LogP contribution in [0.25, 0.3) is 0 Å². The molecule has 16 heavy (non-hydrogen) atoms. The fourth-order valence-corrected chi connectivity index (χ4v) is 1.95. The van der Waals surface area contributed by atoms with Crippen LogP contribution in [0, 0.1) is 18.3 Å². The van der Waals surface area contributed by atoms with Crippen LogP contribution in [0.15, 0.2) is 18.2 Å². The van der Waals surface area contributed by atoms with Crippen LogP contribution in [0.2, 0.25) is 0 Å². The molecule has 0 fully saturated rings. The van der Waals surface area contributed by atoms with Crippen LogP contribution in [0.4, 0.5) is 5.69 Å². The fraction of sp³-hybridized carbons (Fsp3) is 0.500. The van der Waals surface area contributed by atoms with Gasteiger partial charge in [0.15, 0.2) is 0 Å². The lowest BCUT2D eigenvalue weighted by Crippen LogP contribution is -2.25. The van der Waals surface area contributed by atoms with Gasteiger partial charge in [0, 0.05) is 13.1 Å². The first kappa shape index (κ1) is 12.6. The molecule has 2 nitrogen and oxygen atoms in total. The molecule has 86 valence electrons. The Morgan fingerprint density at radius 2 is 2.06 bits per heavy atom. The number of para-hydroxylation sites is 1. The number of nitrogens with zero attached hydrogens (tertiary/aromatic N) is 2. The smallest absolute Gasteiger partial charge is 0.101 e. The van der Waals surface area contributed by atoms with Crippen LogP contribution >= 0.6 is 0 Å². The Kier molecular flexibility index (Phi) is 4.85. The monoisotopic (exact) mass is 216 g/mol. The SMILES string of the molecule is CCCCN(CC)c1c(C)cccc1C#N. The van der Waals surface area contributed by atoms with Crippen LogP contribution in [0.5, 0.6) is 0 Å². The Balaban J connectivity index is 3.03. The maximum Gasteiger partial charge on any atom is 0.101 e. The highest BCUT2D eigenvalue weighted by Gasteiger charge is 2.11. The highest BCUT2D eigenvalue weighted by molar-refractivity contribution is 5.63. The number of unbranched alkanes of at least 4 members (excludes halogenated alkanes) is 1. The van der Waals surface area contributed by atoms with Gasteiger partial charge in [-0.25, -0.2) is 0 Å². The van der Waals surface area contributed by atoms with E-state index in [0.717, 1.165) is 24.3 Å². The molecule has 0 amide bonds. The van der Waals surface area contributed by atoms with Gasteiger partial charge in [0.25, 0.3) is 0 Å². The number of rotatable bonds is 5. The largest absolute Gasteiger partial charge is 0.371 e. The molecule has 0 aliphatic heterocycles. The Labute approximate surface area is 98.5 Å². The van der Waals surface area contributed by atoms with E-state index < -0.39 is 0 Å². The van der Waals surface area contributed by atoms with Crippen molar-refractivity contribution in [2.45, 2.75) is 33.6 Å². The van der Waals surface area contributed by atoms with E-state index in [-0.39, 0.29) is 0 Å². The molecule has 0 radical (unpaired) electrons. The molecule has 0 saturated heterocycles. The molecule has 0 spiro atoms. The van der Waals surface area contributed by atoms with Crippen LogP contribution in [0.1, 0.15) is 37.8 Å². The molecule has 0 aliphatic rings. The Morgan fingerprint density at radius 1 is 1.31 bits per heavy atom. The Hall–Kier alpha value is -1.49. The zero-order valence-electron chi connectivity index (χ0n) is 10.5. The molecule has 1 rings (SSSR count). The van der Waals surface area contributed by atoms with Crippen molar-refractivity contribution in [2.24, 2.45) is 0 Å². The second-order valence-electron chi connectivity index (χ2n) is 4.02. The quantitative estimate of drug-likeness (QED) is 0.753. The highest BCUT2D eigenvalue weighted by atomic mass is 15.1. The first-order valence-corrected chi connectivity index (χ1v) is 5.99. The minimum Gasteiger partial charge on any atom is -0.371 e. The van der Waals surface area contributed by atoms with Crippen molar-refractivity contribution in [3.63, 3.8) is 0 Å². The van der Waals surface area contributed by atoms with Crippen molar-refractivity contribution in [1.29, 1.82) is 5.26 Å². The van der Waals surface area contributed by atoms with Crippen molar-refractivity contribution >= 4 is 5.69 Å². The second-order valence-corrected chi connectivity index (χ2v) is 4.02. The molecular weight excluding hydrogens is 196 g/mol. The normalized spacial score (nSPS) is 9.88. The molecule has 0 atom stereocenters. The van der Waals surface area contributed by atoms with Crippen molar-refractivity contribution in [2.75, 3.05) is 18.0 Å². The number of anilines is 1. The lowest BCUT2D eigenvalue weighted by molar-refractivity contribution is 0.730. The highest BCUT2D eigenvalue weighted by Crippen LogP contribution is 2.24. The van der Waals surface area contributed by atoms with Crippen LogP contribution in [-0.4, -0.2) is 13.1 Å². The summed E-state index contributed by atoms with van der Waals surface area (Å²) in [6, 6.07) is 8.21. The molecular formula is C14H20N2. The van der Waals surface area contributed by atoms with E-state index in [1.165, 1.54) is 18.4 Å². The van der Waals surface area contributed by atoms with E-state index in [0.29, 0.717) is 0 Å². The van der Waals surface area contributed by atoms with Gasteiger partial charge in [0.2, 0.25) is 0 Å². The molecule has 0 heterocycles. The van der Waals surface area contributed by atoms with E-state index in [4.69, 9.17) is 5.26 Å². The van der Waals surface area contributed by atoms with Gasteiger partial charge in [-0.1, -0.05) is 25.5 Å². The molecule has 1 aromatic rings. The lowest BCUT2D eigenvalue weighted by Gasteiger charge is -2.25. The maximum absolute atomic E-state index is 9.14. The average Bonchev–Trinajstić information content (AvgIpc) is 2.31. The van der Waals surface area contributed by atoms with Crippen LogP contribution < -0.4 is 4.90 Å². The predicted octanol–water partition coefficient (Wildman–Crippen LogP) is 3.49. The topological polar surface area (TPSA) is 27.0 Å². The predicted molar refractivity (Wildman–Crippen MR) is 68.7 cm³/mol. The van der Waals surface area contributed by atoms with E-state index in [9.17, 15) is 0 Å². The number of hydrogen-bond donors (Lipinski definition) is 0. The summed E-state index contributed by atoms with van der Waals surface area (Å²) in [7, 11) is 0. The molecule has 0 N–H and O–H groups in total. The summed E-state index contributed by atoms with van der Waals surface area (Å²) in [4.78, 5) is 2.30. The summed E-state index contributed by atoms with van der Waals surface area (Å²) < 4.78 is 0. The van der Waals surface area contributed by atoms with Crippen molar-refractivity contribution in [1.82, 2.24) is 0 Å². The fourth-order valence-electron chi connectivity index (χ4n) is 1.95. The summed E-state index contributed by atoms with van der Waals surface area (Å²) in [5.74, 6) is 0. The minimum absolute atomic E-state index is 0.790. The number of hydrogen-bond acceptors (Lipinski definition) is 2. The van der Waals surface area contributed by atoms with E-state index in [2.05, 4.69) is 37.8 Å². The molecule has 0 unspecified atom stereocenters. The average molecular weight is 216 g/mol. The van der Waals surface area contributed by atoms with Gasteiger partial charge in [-0.05, 0) is 31.9 Å². The van der Waals surface area contributed by atoms with Gasteiger partial charge >= 0.3 is 0 Å². The summed E-state index contributed by atoms with van der Waals surface area (Å²) in [5.41, 5.74) is 3.09. The Morgan fingerprint density at radius 3 is 2.62 bits per heavy atom. The van der Waals surface area contributed by atoms with Gasteiger partial charge in [-0.2, -0.15) is 5.26 Å². The summed E-state index contributed by atoms with van der Waals surface area (Å²) in [6.07, 6.45) is 2.36. The minimum atomic E-state index is 0.790. The third-order valence-corrected chi connectivity index (χ3v) is 2.84. The lowest BCUT2D eigenvalue weighted by atomic mass is 10.1. The van der Waals surface area contributed by atoms with Gasteiger partial charge in [0.1, 0.15) is 6.07 Å². The number of benzene rings is 1. The summed E-state index contributed by atoms with van der Waals surface area (Å²) >= 11 is 0. The summed E-state index contributed by atoms with van der Waals surface area (Å²) in [6.45, 7) is 8.40. The van der Waals surface area contributed by atoms with Gasteiger partial charge in [-0.3, -0.25) is 0 Å². The molecule has 0 aliphatic carbocycles. The van der Waals surface area contributed by atoms with Crippen molar-refractivity contribution < 1.29 is 0 Å². The first-order valence-electron chi connectivity index (χ1n) is 5.99. The van der Waals surface area contributed by atoms with Crippen LogP contribution in [0.3, 0.4) is 0 Å². The molecule has 1 aromatic carbocycles. The van der Waals surface area contributed by atoms with E-state index >= 15 is 0 Å². The first-order chi connectivity index (χ1) is 7.74. The molecule has 0 bridgehead atoms. The molecule has 2 heteroatoms. The van der Waals surface area contributed by atoms with Gasteiger partial charge in [0.05, 0.1) is 11.3 Å². The standard InChI is InChI=1S/C14H20N2/c1-4-6-10-16(5-2)14-12(3)8-7-9-13(14)11-15/h7-9H,4-6,10H2,1-3H3. The molecule has 0 saturated carbocycles. The third kappa shape index (κ3) is 2.76. The summed E-state index contributed by atoms with van der Waals surface area (Å²) in [5, 5.41) is 9.14. The van der Waals surface area contributed by atoms with Crippen molar-refractivity contribution in [3.8, 4) is 6.07 Å². The van der Waals surface area contributed by atoms with E-state index in [1.54, 1.807) is 0 Å². The maximum atomic E-state index is 9.14. The zero-order chi connectivity index (χ0) is 12.0. The van der Waals surface area contributed by atoms with E-state index in [1.807, 2.05) is 12.1 Å². The number of nitriles is 1. The number of aryl methyl sites for hydroxylation is 1. The third-order valence-electron chi connectivity index (χ3n) is 2.84. The second kappa shape index (κ2) is 6.17. The van der Waals surface area contributed by atoms with Gasteiger partial charge < -0.3 is 4.90 Å². The Bertz CT molecular complexity index is 377. The van der Waals surface area contributed by atoms with Gasteiger partial charge in [-0.15, -0.1) is 0 Å². The van der Waals surface area contributed by atoms with Crippen molar-refractivity contribution in [3.05, 3.63) is 29.3 Å².